The summed E-state index contributed by atoms with van der Waals surface area (Å²) in [7, 11) is 0. The highest BCUT2D eigenvalue weighted by molar-refractivity contribution is 6.31. The first-order chi connectivity index (χ1) is 17.3. The van der Waals surface area contributed by atoms with Crippen molar-refractivity contribution in [3.63, 3.8) is 0 Å². The fourth-order valence-corrected chi connectivity index (χ4v) is 4.84. The van der Waals surface area contributed by atoms with Crippen LogP contribution in [0.3, 0.4) is 0 Å². The third-order valence-corrected chi connectivity index (χ3v) is 6.88. The number of rotatable bonds is 5. The predicted octanol–water partition coefficient (Wildman–Crippen LogP) is 5.61. The minimum absolute atomic E-state index is 0.0415. The van der Waals surface area contributed by atoms with Gasteiger partial charge >= 0.3 is 12.2 Å². The van der Waals surface area contributed by atoms with Crippen LogP contribution in [0.5, 0.6) is 0 Å². The van der Waals surface area contributed by atoms with Crippen LogP contribution in [0.15, 0.2) is 42.6 Å². The maximum Gasteiger partial charge on any atom is 0.433 e. The third kappa shape index (κ3) is 5.11. The minimum Gasteiger partial charge on any atom is -0.383 e. The van der Waals surface area contributed by atoms with E-state index in [1.54, 1.807) is 0 Å². The molecule has 2 N–H and O–H groups in total. The van der Waals surface area contributed by atoms with E-state index >= 15 is 0 Å². The van der Waals surface area contributed by atoms with Crippen LogP contribution in [0.1, 0.15) is 24.2 Å². The summed E-state index contributed by atoms with van der Waals surface area (Å²) in [6.07, 6.45) is -4.54. The molecule has 13 heteroatoms. The number of amides is 2. The Bertz CT molecular complexity index is 1340. The number of fused-ring (bicyclic) bond motifs is 1. The number of carbonyl (C=O) groups excluding carboxylic acids is 1. The van der Waals surface area contributed by atoms with E-state index in [4.69, 9.17) is 11.6 Å². The van der Waals surface area contributed by atoms with Crippen LogP contribution in [-0.2, 0) is 11.6 Å². The Labute approximate surface area is 212 Å². The number of aromatic nitrogens is 2. The predicted molar refractivity (Wildman–Crippen MR) is 124 cm³/mol. The monoisotopic (exact) mass is 543 g/mol. The van der Waals surface area contributed by atoms with Gasteiger partial charge in [-0.15, -0.1) is 0 Å². The quantitative estimate of drug-likeness (QED) is 0.410. The van der Waals surface area contributed by atoms with Crippen molar-refractivity contribution in [3.8, 4) is 0 Å². The van der Waals surface area contributed by atoms with E-state index in [1.807, 2.05) is 0 Å². The first-order valence-electron chi connectivity index (χ1n) is 11.3. The van der Waals surface area contributed by atoms with Gasteiger partial charge in [0.25, 0.3) is 5.92 Å². The second-order valence-electron chi connectivity index (χ2n) is 9.48. The van der Waals surface area contributed by atoms with Gasteiger partial charge in [-0.2, -0.15) is 13.2 Å². The highest BCUT2D eigenvalue weighted by Crippen LogP contribution is 2.39. The van der Waals surface area contributed by atoms with Crippen LogP contribution in [0.4, 0.5) is 36.8 Å². The molecule has 0 spiro atoms. The Morgan fingerprint density at radius 2 is 1.86 bits per heavy atom. The van der Waals surface area contributed by atoms with Gasteiger partial charge in [0.2, 0.25) is 0 Å². The molecule has 0 atom stereocenters. The largest absolute Gasteiger partial charge is 0.433 e. The summed E-state index contributed by atoms with van der Waals surface area (Å²) >= 11 is 6.07. The van der Waals surface area contributed by atoms with Crippen molar-refractivity contribution in [1.29, 1.82) is 0 Å². The highest BCUT2D eigenvalue weighted by atomic mass is 35.5. The number of pyridine rings is 2. The number of hydrogen-bond donors (Lipinski definition) is 2. The number of carbonyl (C=O) groups is 1. The van der Waals surface area contributed by atoms with Gasteiger partial charge < -0.3 is 15.5 Å². The lowest BCUT2D eigenvalue weighted by Gasteiger charge is -2.50. The Hall–Kier alpha value is -3.28. The molecule has 1 aromatic carbocycles. The number of halogens is 7. The number of nitrogens with zero attached hydrogens (tertiary/aromatic N) is 3. The van der Waals surface area contributed by atoms with Crippen molar-refractivity contribution in [2.45, 2.75) is 36.4 Å². The van der Waals surface area contributed by atoms with Crippen LogP contribution in [0.25, 0.3) is 10.9 Å². The van der Waals surface area contributed by atoms with E-state index in [-0.39, 0.29) is 30.8 Å². The van der Waals surface area contributed by atoms with Gasteiger partial charge in [-0.25, -0.2) is 22.9 Å². The molecule has 0 radical (unpaired) electrons. The van der Waals surface area contributed by atoms with Crippen LogP contribution in [-0.4, -0.2) is 52.5 Å². The number of urea groups is 1. The van der Waals surface area contributed by atoms with E-state index in [1.165, 1.54) is 35.2 Å². The average Bonchev–Trinajstić information content (AvgIpc) is 2.77. The molecule has 1 aliphatic carbocycles. The Morgan fingerprint density at radius 3 is 2.49 bits per heavy atom. The molecule has 3 aromatic rings. The normalized spacial score (nSPS) is 18.7. The molecule has 2 amide bonds. The first-order valence-corrected chi connectivity index (χ1v) is 11.7. The van der Waals surface area contributed by atoms with E-state index in [0.29, 0.717) is 16.1 Å². The zero-order chi connectivity index (χ0) is 26.6. The Morgan fingerprint density at radius 1 is 1.14 bits per heavy atom. The molecule has 196 valence electrons. The van der Waals surface area contributed by atoms with Crippen molar-refractivity contribution in [2.75, 3.05) is 25.0 Å². The third-order valence-electron chi connectivity index (χ3n) is 6.64. The first kappa shape index (κ1) is 25.4. The molecule has 2 aliphatic rings. The van der Waals surface area contributed by atoms with E-state index in [9.17, 15) is 31.1 Å². The van der Waals surface area contributed by atoms with E-state index < -0.39 is 53.9 Å². The molecule has 6 nitrogen and oxygen atoms in total. The number of benzene rings is 1. The summed E-state index contributed by atoms with van der Waals surface area (Å²) in [6, 6.07) is 6.68. The van der Waals surface area contributed by atoms with Gasteiger partial charge in [-0.3, -0.25) is 4.98 Å². The maximum absolute atomic E-state index is 13.5. The fraction of sp³-hybridized carbons (Fsp3) is 0.375. The summed E-state index contributed by atoms with van der Waals surface area (Å²) in [6.45, 7) is 0.215. The summed E-state index contributed by atoms with van der Waals surface area (Å²) < 4.78 is 80.3. The summed E-state index contributed by atoms with van der Waals surface area (Å²) in [5.74, 6) is -3.36. The average molecular weight is 544 g/mol. The SMILES string of the molecule is O=C(NC1CC(F)(F)C1)N1CC(CNc2cc(C(F)(F)F)nc3ccc(Cl)cc23)(c2ccc(F)cn2)C1. The van der Waals surface area contributed by atoms with Gasteiger partial charge in [-0.1, -0.05) is 11.6 Å². The fourth-order valence-electron chi connectivity index (χ4n) is 4.66. The summed E-state index contributed by atoms with van der Waals surface area (Å²) in [4.78, 5) is 21.8. The zero-order valence-corrected chi connectivity index (χ0v) is 19.8. The van der Waals surface area contributed by atoms with Gasteiger partial charge in [0.05, 0.1) is 22.8 Å². The molecule has 1 saturated carbocycles. The number of likely N-dealkylation sites (tertiary alicyclic amines) is 1. The molecule has 2 aromatic heterocycles. The maximum atomic E-state index is 13.5. The minimum atomic E-state index is -4.69. The van der Waals surface area contributed by atoms with Crippen molar-refractivity contribution in [1.82, 2.24) is 20.2 Å². The molecule has 2 fully saturated rings. The molecule has 0 unspecified atom stereocenters. The standard InChI is InChI=1S/C24H20ClF6N5O/c25-13-1-3-17-16(5-13)18(6-20(35-17)24(29,30)31)33-10-22(19-4-2-14(26)9-32-19)11-36(12-22)21(37)34-15-7-23(27,28)8-15/h1-6,9,15H,7-8,10-12H2,(H,33,35)(H,34,37). The van der Waals surface area contributed by atoms with Crippen molar-refractivity contribution < 1.29 is 31.1 Å². The number of anilines is 1. The lowest BCUT2D eigenvalue weighted by Crippen LogP contribution is -2.67. The second-order valence-corrected chi connectivity index (χ2v) is 9.91. The molecule has 1 aliphatic heterocycles. The van der Waals surface area contributed by atoms with Crippen LogP contribution < -0.4 is 10.6 Å². The molecular formula is C24H20ClF6N5O. The number of alkyl halides is 5. The molecular weight excluding hydrogens is 524 g/mol. The molecule has 37 heavy (non-hydrogen) atoms. The zero-order valence-electron chi connectivity index (χ0n) is 19.0. The number of nitrogens with one attached hydrogen (secondary N) is 2. The molecule has 0 bridgehead atoms. The van der Waals surface area contributed by atoms with Crippen molar-refractivity contribution >= 4 is 34.2 Å². The Balaban J connectivity index is 1.39. The van der Waals surface area contributed by atoms with Gasteiger partial charge in [0, 0.05) is 54.6 Å². The van der Waals surface area contributed by atoms with Gasteiger partial charge in [-0.05, 0) is 36.4 Å². The molecule has 5 rings (SSSR count). The van der Waals surface area contributed by atoms with E-state index in [2.05, 4.69) is 20.6 Å². The Kier molecular flexibility index (Phi) is 6.12. The highest BCUT2D eigenvalue weighted by Gasteiger charge is 2.50. The van der Waals surface area contributed by atoms with Crippen LogP contribution in [0, 0.1) is 5.82 Å². The number of hydrogen-bond acceptors (Lipinski definition) is 4. The summed E-state index contributed by atoms with van der Waals surface area (Å²) in [5.41, 5.74) is -1.33. The van der Waals surface area contributed by atoms with Crippen molar-refractivity contribution in [2.24, 2.45) is 0 Å². The molecule has 3 heterocycles. The van der Waals surface area contributed by atoms with Crippen LogP contribution >= 0.6 is 11.6 Å². The molecule has 1 saturated heterocycles. The van der Waals surface area contributed by atoms with E-state index in [0.717, 1.165) is 12.3 Å². The lowest BCUT2D eigenvalue weighted by atomic mass is 9.76. The second kappa shape index (κ2) is 8.93. The van der Waals surface area contributed by atoms with Gasteiger partial charge in [0.15, 0.2) is 0 Å². The summed E-state index contributed by atoms with van der Waals surface area (Å²) in [5, 5.41) is 6.25. The van der Waals surface area contributed by atoms with Crippen molar-refractivity contribution in [3.05, 3.63) is 64.8 Å². The van der Waals surface area contributed by atoms with Crippen LogP contribution in [0.2, 0.25) is 5.02 Å². The topological polar surface area (TPSA) is 70.2 Å². The van der Waals surface area contributed by atoms with Gasteiger partial charge in [0.1, 0.15) is 11.5 Å². The smallest absolute Gasteiger partial charge is 0.383 e. The lowest BCUT2D eigenvalue weighted by molar-refractivity contribution is -0.140.